The number of anilines is 1. The van der Waals surface area contributed by atoms with E-state index in [1.165, 1.54) is 0 Å². The van der Waals surface area contributed by atoms with E-state index in [1.54, 1.807) is 28.6 Å². The Morgan fingerprint density at radius 3 is 2.64 bits per heavy atom. The van der Waals surface area contributed by atoms with E-state index in [9.17, 15) is 14.4 Å². The largest absolute Gasteiger partial charge is 0.349 e. The van der Waals surface area contributed by atoms with Crippen LogP contribution in [-0.2, 0) is 13.6 Å². The number of hydrogen-bond acceptors (Lipinski definition) is 4. The van der Waals surface area contributed by atoms with Crippen LogP contribution in [0.15, 0.2) is 41.2 Å². The van der Waals surface area contributed by atoms with Crippen LogP contribution in [0.1, 0.15) is 75.9 Å². The highest BCUT2D eigenvalue weighted by atomic mass is 16.2. The number of aromatic nitrogens is 3. The molecule has 0 radical (unpaired) electrons. The SMILES string of the molecule is Cn1c(=O)n(CC(C)(C)C)c2ccc(C3CCC(C)(C)C(NC(=O)c4cccc(N5CCNC5=O)c4)C3)nc21. The number of hydrogen-bond donors (Lipinski definition) is 2. The molecule has 2 fully saturated rings. The molecule has 39 heavy (non-hydrogen) atoms. The molecule has 1 aliphatic carbocycles. The van der Waals surface area contributed by atoms with Crippen molar-refractivity contribution in [2.75, 3.05) is 18.0 Å². The van der Waals surface area contributed by atoms with E-state index < -0.39 is 0 Å². The van der Waals surface area contributed by atoms with E-state index in [-0.39, 0.29) is 40.4 Å². The second-order valence-electron chi connectivity index (χ2n) is 13.0. The molecule has 3 heterocycles. The molecular formula is C30H40N6O3. The van der Waals surface area contributed by atoms with Crippen molar-refractivity contribution in [1.29, 1.82) is 0 Å². The van der Waals surface area contributed by atoms with Gasteiger partial charge in [0.05, 0.1) is 5.52 Å². The number of aryl methyl sites for hydroxylation is 1. The highest BCUT2D eigenvalue weighted by Gasteiger charge is 2.38. The van der Waals surface area contributed by atoms with E-state index in [0.717, 1.165) is 36.2 Å². The molecule has 2 aliphatic rings. The summed E-state index contributed by atoms with van der Waals surface area (Å²) in [5.41, 5.74) is 3.63. The van der Waals surface area contributed by atoms with Crippen molar-refractivity contribution in [2.24, 2.45) is 17.9 Å². The van der Waals surface area contributed by atoms with Gasteiger partial charge in [-0.1, -0.05) is 40.7 Å². The normalized spacial score (nSPS) is 21.3. The summed E-state index contributed by atoms with van der Waals surface area (Å²) in [5.74, 6) is 0.0358. The third-order valence-electron chi connectivity index (χ3n) is 8.24. The van der Waals surface area contributed by atoms with Gasteiger partial charge in [0.15, 0.2) is 5.65 Å². The van der Waals surface area contributed by atoms with Crippen LogP contribution in [0.5, 0.6) is 0 Å². The van der Waals surface area contributed by atoms with Gasteiger partial charge in [0, 0.05) is 55.6 Å². The number of benzene rings is 1. The summed E-state index contributed by atoms with van der Waals surface area (Å²) in [7, 11) is 1.79. The molecule has 9 heteroatoms. The van der Waals surface area contributed by atoms with Crippen LogP contribution >= 0.6 is 0 Å². The minimum atomic E-state index is -0.139. The lowest BCUT2D eigenvalue weighted by Crippen LogP contribution is -2.48. The van der Waals surface area contributed by atoms with Crippen molar-refractivity contribution in [2.45, 2.75) is 72.4 Å². The first kappa shape index (κ1) is 27.0. The summed E-state index contributed by atoms with van der Waals surface area (Å²) in [4.78, 5) is 45.1. The molecule has 1 saturated carbocycles. The van der Waals surface area contributed by atoms with Crippen LogP contribution in [0.4, 0.5) is 10.5 Å². The number of carbonyl (C=O) groups excluding carboxylic acids is 2. The number of amides is 3. The Morgan fingerprint density at radius 1 is 1.18 bits per heavy atom. The summed E-state index contributed by atoms with van der Waals surface area (Å²) in [6, 6.07) is 11.1. The maximum Gasteiger partial charge on any atom is 0.330 e. The smallest absolute Gasteiger partial charge is 0.330 e. The van der Waals surface area contributed by atoms with Crippen LogP contribution in [0.2, 0.25) is 0 Å². The van der Waals surface area contributed by atoms with E-state index in [0.29, 0.717) is 30.8 Å². The molecule has 9 nitrogen and oxygen atoms in total. The Kier molecular flexibility index (Phi) is 6.81. The molecule has 1 saturated heterocycles. The maximum atomic E-state index is 13.4. The Morgan fingerprint density at radius 2 is 1.95 bits per heavy atom. The van der Waals surface area contributed by atoms with Gasteiger partial charge in [-0.2, -0.15) is 0 Å². The Labute approximate surface area is 229 Å². The lowest BCUT2D eigenvalue weighted by Gasteiger charge is -2.42. The Balaban J connectivity index is 1.37. The number of rotatable bonds is 5. The first-order valence-corrected chi connectivity index (χ1v) is 13.9. The first-order valence-electron chi connectivity index (χ1n) is 13.9. The monoisotopic (exact) mass is 532 g/mol. The number of pyridine rings is 1. The third kappa shape index (κ3) is 5.31. The molecule has 5 rings (SSSR count). The lowest BCUT2D eigenvalue weighted by atomic mass is 9.68. The van der Waals surface area contributed by atoms with Crippen LogP contribution in [0.3, 0.4) is 0 Å². The van der Waals surface area contributed by atoms with E-state index in [1.807, 2.05) is 28.8 Å². The number of imidazole rings is 1. The van der Waals surface area contributed by atoms with E-state index >= 15 is 0 Å². The topological polar surface area (TPSA) is 101 Å². The van der Waals surface area contributed by atoms with E-state index in [2.05, 4.69) is 45.3 Å². The summed E-state index contributed by atoms with van der Waals surface area (Å²) < 4.78 is 3.46. The zero-order chi connectivity index (χ0) is 28.1. The van der Waals surface area contributed by atoms with Crippen molar-refractivity contribution in [1.82, 2.24) is 24.8 Å². The quantitative estimate of drug-likeness (QED) is 0.509. The summed E-state index contributed by atoms with van der Waals surface area (Å²) in [6.07, 6.45) is 2.68. The van der Waals surface area contributed by atoms with Crippen molar-refractivity contribution in [3.63, 3.8) is 0 Å². The zero-order valence-electron chi connectivity index (χ0n) is 23.9. The molecular weight excluding hydrogens is 492 g/mol. The molecule has 1 aliphatic heterocycles. The van der Waals surface area contributed by atoms with Gasteiger partial charge in [-0.15, -0.1) is 0 Å². The molecule has 2 atom stereocenters. The van der Waals surface area contributed by atoms with Crippen molar-refractivity contribution in [3.8, 4) is 0 Å². The van der Waals surface area contributed by atoms with Gasteiger partial charge >= 0.3 is 11.7 Å². The molecule has 0 bridgehead atoms. The summed E-state index contributed by atoms with van der Waals surface area (Å²) >= 11 is 0. The molecule has 2 unspecified atom stereocenters. The van der Waals surface area contributed by atoms with Crippen LogP contribution < -0.4 is 21.2 Å². The number of nitrogens with one attached hydrogen (secondary N) is 2. The molecule has 2 aromatic heterocycles. The van der Waals surface area contributed by atoms with Gasteiger partial charge in [-0.3, -0.25) is 18.8 Å². The van der Waals surface area contributed by atoms with Gasteiger partial charge in [-0.05, 0) is 60.4 Å². The summed E-state index contributed by atoms with van der Waals surface area (Å²) in [5, 5.41) is 6.10. The minimum Gasteiger partial charge on any atom is -0.349 e. The predicted molar refractivity (Wildman–Crippen MR) is 153 cm³/mol. The molecule has 2 N–H and O–H groups in total. The second-order valence-corrected chi connectivity index (χ2v) is 13.0. The zero-order valence-corrected chi connectivity index (χ0v) is 23.9. The summed E-state index contributed by atoms with van der Waals surface area (Å²) in [6.45, 7) is 12.6. The standard InChI is InChI=1S/C30H40N6O3/c1-29(2,3)18-36-23-11-10-22(32-25(23)34(6)28(36)39)19-12-13-30(4,5)24(17-19)33-26(37)20-8-7-9-21(16-20)35-15-14-31-27(35)38/h7-11,16,19,24H,12-15,17-18H2,1-6H3,(H,31,38)(H,33,37). The fourth-order valence-electron chi connectivity index (χ4n) is 5.88. The fourth-order valence-corrected chi connectivity index (χ4v) is 5.88. The highest BCUT2D eigenvalue weighted by Crippen LogP contribution is 2.42. The fraction of sp³-hybridized carbons (Fsp3) is 0.533. The minimum absolute atomic E-state index is 0.0302. The lowest BCUT2D eigenvalue weighted by molar-refractivity contribution is 0.0836. The maximum absolute atomic E-state index is 13.4. The van der Waals surface area contributed by atoms with Gasteiger partial charge in [0.25, 0.3) is 5.91 Å². The first-order chi connectivity index (χ1) is 18.3. The van der Waals surface area contributed by atoms with Crippen molar-refractivity contribution in [3.05, 3.63) is 58.1 Å². The molecule has 208 valence electrons. The Bertz CT molecular complexity index is 1480. The molecule has 1 aromatic carbocycles. The van der Waals surface area contributed by atoms with Gasteiger partial charge in [0.1, 0.15) is 0 Å². The van der Waals surface area contributed by atoms with Crippen molar-refractivity contribution < 1.29 is 9.59 Å². The molecule has 3 amide bonds. The van der Waals surface area contributed by atoms with Crippen LogP contribution in [0.25, 0.3) is 11.2 Å². The van der Waals surface area contributed by atoms with E-state index in [4.69, 9.17) is 4.98 Å². The number of fused-ring (bicyclic) bond motifs is 1. The number of nitrogens with zero attached hydrogens (tertiary/aromatic N) is 4. The van der Waals surface area contributed by atoms with Gasteiger partial charge in [0.2, 0.25) is 0 Å². The van der Waals surface area contributed by atoms with Gasteiger partial charge < -0.3 is 10.6 Å². The average molecular weight is 533 g/mol. The highest BCUT2D eigenvalue weighted by molar-refractivity contribution is 5.98. The predicted octanol–water partition coefficient (Wildman–Crippen LogP) is 4.40. The number of urea groups is 1. The molecule has 0 spiro atoms. The Hall–Kier alpha value is -3.62. The second kappa shape index (κ2) is 9.84. The molecule has 3 aromatic rings. The van der Waals surface area contributed by atoms with Crippen LogP contribution in [-0.4, -0.2) is 45.2 Å². The van der Waals surface area contributed by atoms with Crippen molar-refractivity contribution >= 4 is 28.8 Å². The van der Waals surface area contributed by atoms with Gasteiger partial charge in [-0.25, -0.2) is 14.6 Å². The van der Waals surface area contributed by atoms with Crippen LogP contribution in [0, 0.1) is 10.8 Å². The number of carbonyl (C=O) groups is 2. The third-order valence-corrected chi connectivity index (χ3v) is 8.24. The average Bonchev–Trinajstić information content (AvgIpc) is 3.41.